The Bertz CT molecular complexity index is 1230. The Morgan fingerprint density at radius 2 is 1.85 bits per heavy atom. The SMILES string of the molecule is Cc1ccc(C2=CC(c3cc(Cl)cc(Cl)c3)(C(F)(F)F)ON2)cc1NC(=O)c1cccnc1. The molecule has 4 rings (SSSR count). The topological polar surface area (TPSA) is 63.2 Å². The minimum Gasteiger partial charge on any atom is -0.322 e. The number of nitrogens with one attached hydrogen (secondary N) is 2. The molecule has 0 saturated heterocycles. The molecule has 1 amide bonds. The van der Waals surface area contributed by atoms with Crippen molar-refractivity contribution in [2.45, 2.75) is 18.7 Å². The second kappa shape index (κ2) is 8.70. The van der Waals surface area contributed by atoms with Gasteiger partial charge >= 0.3 is 6.18 Å². The Morgan fingerprint density at radius 1 is 1.12 bits per heavy atom. The van der Waals surface area contributed by atoms with E-state index in [1.807, 2.05) is 0 Å². The van der Waals surface area contributed by atoms with Crippen LogP contribution in [0.5, 0.6) is 0 Å². The second-order valence-electron chi connectivity index (χ2n) is 7.38. The first kappa shape index (κ1) is 23.1. The number of hydroxylamine groups is 1. The third-order valence-electron chi connectivity index (χ3n) is 5.10. The molecule has 2 aromatic carbocycles. The van der Waals surface area contributed by atoms with Crippen LogP contribution in [-0.4, -0.2) is 17.1 Å². The van der Waals surface area contributed by atoms with Crippen LogP contribution in [0.25, 0.3) is 5.70 Å². The molecule has 1 aromatic heterocycles. The first-order valence-corrected chi connectivity index (χ1v) is 10.4. The van der Waals surface area contributed by atoms with E-state index >= 15 is 0 Å². The lowest BCUT2D eigenvalue weighted by Gasteiger charge is -2.28. The molecule has 0 radical (unpaired) electrons. The smallest absolute Gasteiger partial charge is 0.322 e. The van der Waals surface area contributed by atoms with E-state index in [2.05, 4.69) is 15.8 Å². The molecule has 0 spiro atoms. The molecule has 1 aliphatic heterocycles. The fourth-order valence-electron chi connectivity index (χ4n) is 3.37. The van der Waals surface area contributed by atoms with Crippen LogP contribution >= 0.6 is 23.2 Å². The van der Waals surface area contributed by atoms with Crippen LogP contribution in [0, 0.1) is 6.92 Å². The third kappa shape index (κ3) is 4.55. The van der Waals surface area contributed by atoms with Gasteiger partial charge in [-0.2, -0.15) is 13.2 Å². The number of benzene rings is 2. The first-order valence-electron chi connectivity index (χ1n) is 9.62. The number of halogens is 5. The van der Waals surface area contributed by atoms with Crippen LogP contribution in [0.1, 0.15) is 27.0 Å². The number of nitrogens with zero attached hydrogens (tertiary/aromatic N) is 1. The van der Waals surface area contributed by atoms with E-state index in [4.69, 9.17) is 28.0 Å². The van der Waals surface area contributed by atoms with Crippen LogP contribution < -0.4 is 10.8 Å². The van der Waals surface area contributed by atoms with Crippen molar-refractivity contribution in [1.82, 2.24) is 10.5 Å². The predicted molar refractivity (Wildman–Crippen MR) is 120 cm³/mol. The summed E-state index contributed by atoms with van der Waals surface area (Å²) in [6.07, 6.45) is -0.942. The standard InChI is InChI=1S/C23H16Cl2F3N3O2/c1-13-4-5-14(7-19(13)30-21(32)15-3-2-6-29-12-15)20-11-22(33-31-20,23(26,27)28)16-8-17(24)10-18(25)9-16/h2-12,31H,1H3,(H,30,32). The molecule has 170 valence electrons. The summed E-state index contributed by atoms with van der Waals surface area (Å²) in [5.74, 6) is -0.397. The van der Waals surface area contributed by atoms with Crippen molar-refractivity contribution in [3.8, 4) is 0 Å². The van der Waals surface area contributed by atoms with Crippen molar-refractivity contribution in [3.05, 3.63) is 99.3 Å². The molecule has 0 aliphatic carbocycles. The highest BCUT2D eigenvalue weighted by Crippen LogP contribution is 2.48. The lowest BCUT2D eigenvalue weighted by atomic mass is 9.91. The van der Waals surface area contributed by atoms with E-state index in [-0.39, 0.29) is 21.3 Å². The van der Waals surface area contributed by atoms with Crippen LogP contribution in [0.3, 0.4) is 0 Å². The van der Waals surface area contributed by atoms with Crippen molar-refractivity contribution < 1.29 is 22.8 Å². The molecule has 3 aromatic rings. The van der Waals surface area contributed by atoms with Gasteiger partial charge in [0.25, 0.3) is 5.91 Å². The van der Waals surface area contributed by atoms with Gasteiger partial charge in [-0.25, -0.2) is 0 Å². The summed E-state index contributed by atoms with van der Waals surface area (Å²) in [6, 6.07) is 11.7. The zero-order chi connectivity index (χ0) is 23.8. The zero-order valence-corrected chi connectivity index (χ0v) is 18.5. The molecule has 0 bridgehead atoms. The average Bonchev–Trinajstić information content (AvgIpc) is 3.22. The largest absolute Gasteiger partial charge is 0.428 e. The molecule has 1 unspecified atom stereocenters. The number of hydrogen-bond acceptors (Lipinski definition) is 4. The summed E-state index contributed by atoms with van der Waals surface area (Å²) >= 11 is 11.9. The number of pyridine rings is 1. The van der Waals surface area contributed by atoms with Gasteiger partial charge < -0.3 is 5.32 Å². The first-order chi connectivity index (χ1) is 15.6. The van der Waals surface area contributed by atoms with Gasteiger partial charge in [-0.3, -0.25) is 20.1 Å². The average molecular weight is 494 g/mol. The maximum absolute atomic E-state index is 14.2. The fourth-order valence-corrected chi connectivity index (χ4v) is 3.90. The van der Waals surface area contributed by atoms with Gasteiger partial charge in [0.2, 0.25) is 5.60 Å². The number of amides is 1. The second-order valence-corrected chi connectivity index (χ2v) is 8.25. The Morgan fingerprint density at radius 3 is 2.48 bits per heavy atom. The van der Waals surface area contributed by atoms with Crippen molar-refractivity contribution in [2.24, 2.45) is 0 Å². The molecule has 5 nitrogen and oxygen atoms in total. The molecule has 2 heterocycles. The predicted octanol–water partition coefficient (Wildman–Crippen LogP) is 6.28. The Kier molecular flexibility index (Phi) is 6.09. The van der Waals surface area contributed by atoms with Crippen molar-refractivity contribution in [3.63, 3.8) is 0 Å². The molecular formula is C23H16Cl2F3N3O2. The van der Waals surface area contributed by atoms with Crippen LogP contribution in [0.2, 0.25) is 10.0 Å². The van der Waals surface area contributed by atoms with Crippen molar-refractivity contribution in [2.75, 3.05) is 5.32 Å². The number of aryl methyl sites for hydroxylation is 1. The van der Waals surface area contributed by atoms with Gasteiger partial charge in [-0.15, -0.1) is 0 Å². The molecular weight excluding hydrogens is 478 g/mol. The number of alkyl halides is 3. The molecule has 1 aliphatic rings. The van der Waals surface area contributed by atoms with E-state index < -0.39 is 17.7 Å². The molecule has 2 N–H and O–H groups in total. The Hall–Kier alpha value is -3.07. The molecule has 1 atom stereocenters. The highest BCUT2D eigenvalue weighted by molar-refractivity contribution is 6.34. The highest BCUT2D eigenvalue weighted by Gasteiger charge is 2.59. The van der Waals surface area contributed by atoms with E-state index in [0.29, 0.717) is 16.8 Å². The Labute approximate surface area is 197 Å². The summed E-state index contributed by atoms with van der Waals surface area (Å²) in [5, 5.41) is 2.84. The maximum atomic E-state index is 14.2. The lowest BCUT2D eigenvalue weighted by molar-refractivity contribution is -0.269. The van der Waals surface area contributed by atoms with Gasteiger partial charge in [-0.1, -0.05) is 35.3 Å². The number of hydrogen-bond donors (Lipinski definition) is 2. The van der Waals surface area contributed by atoms with E-state index in [1.54, 1.807) is 43.5 Å². The zero-order valence-electron chi connectivity index (χ0n) is 17.0. The molecule has 0 saturated carbocycles. The van der Waals surface area contributed by atoms with Gasteiger partial charge in [0.15, 0.2) is 0 Å². The van der Waals surface area contributed by atoms with Gasteiger partial charge in [0, 0.05) is 39.3 Å². The number of carbonyl (C=O) groups is 1. The lowest BCUT2D eigenvalue weighted by Crippen LogP contribution is -2.42. The van der Waals surface area contributed by atoms with E-state index in [9.17, 15) is 18.0 Å². The van der Waals surface area contributed by atoms with Crippen molar-refractivity contribution in [1.29, 1.82) is 0 Å². The molecule has 0 fully saturated rings. The van der Waals surface area contributed by atoms with Crippen molar-refractivity contribution >= 4 is 40.5 Å². The summed E-state index contributed by atoms with van der Waals surface area (Å²) in [7, 11) is 0. The summed E-state index contributed by atoms with van der Waals surface area (Å²) in [5.41, 5.74) is 1.24. The number of anilines is 1. The van der Waals surface area contributed by atoms with Crippen LogP contribution in [0.15, 0.2) is 67.0 Å². The fraction of sp³-hybridized carbons (Fsp3) is 0.130. The number of carbonyl (C=O) groups excluding carboxylic acids is 1. The molecule has 10 heteroatoms. The summed E-state index contributed by atoms with van der Waals surface area (Å²) in [6.45, 7) is 1.77. The summed E-state index contributed by atoms with van der Waals surface area (Å²) in [4.78, 5) is 21.5. The van der Waals surface area contributed by atoms with Crippen LogP contribution in [0.4, 0.5) is 18.9 Å². The number of aromatic nitrogens is 1. The normalized spacial score (nSPS) is 17.9. The van der Waals surface area contributed by atoms with Gasteiger partial charge in [-0.05, 0) is 55.0 Å². The van der Waals surface area contributed by atoms with Crippen LogP contribution in [-0.2, 0) is 10.4 Å². The maximum Gasteiger partial charge on any atom is 0.428 e. The quantitative estimate of drug-likeness (QED) is 0.448. The number of rotatable bonds is 4. The minimum atomic E-state index is -4.82. The minimum absolute atomic E-state index is 0.0438. The van der Waals surface area contributed by atoms with Gasteiger partial charge in [0.05, 0.1) is 11.3 Å². The van der Waals surface area contributed by atoms with Gasteiger partial charge in [0.1, 0.15) is 0 Å². The van der Waals surface area contributed by atoms with E-state index in [1.165, 1.54) is 12.3 Å². The van der Waals surface area contributed by atoms with E-state index in [0.717, 1.165) is 23.8 Å². The monoisotopic (exact) mass is 493 g/mol. The summed E-state index contributed by atoms with van der Waals surface area (Å²) < 4.78 is 42.6. The third-order valence-corrected chi connectivity index (χ3v) is 5.54. The highest BCUT2D eigenvalue weighted by atomic mass is 35.5. The Balaban J connectivity index is 1.72. The molecule has 33 heavy (non-hydrogen) atoms.